The monoisotopic (exact) mass is 293 g/mol. The minimum Gasteiger partial charge on any atom is -0.451 e. The zero-order valence-electron chi connectivity index (χ0n) is 12.7. The lowest BCUT2D eigenvalue weighted by molar-refractivity contribution is 0.0653. The molecule has 1 aliphatic heterocycles. The lowest BCUT2D eigenvalue weighted by atomic mass is 10.00. The summed E-state index contributed by atoms with van der Waals surface area (Å²) in [5, 5.41) is 3.32. The number of benzene rings is 2. The first kappa shape index (κ1) is 13.4. The van der Waals surface area contributed by atoms with Crippen molar-refractivity contribution in [1.29, 1.82) is 0 Å². The first-order valence-corrected chi connectivity index (χ1v) is 7.93. The molecule has 4 rings (SSSR count). The van der Waals surface area contributed by atoms with Crippen LogP contribution in [0.1, 0.15) is 30.3 Å². The standard InChI is InChI=1S/C19H19NO2/c1-13-5-4-10-20(12-13)19(21)18-11-16-15-7-3-2-6-14(15)8-9-17(16)22-18/h2-3,6-9,11,13H,4-5,10,12H2,1H3. The highest BCUT2D eigenvalue weighted by molar-refractivity contribution is 6.08. The largest absolute Gasteiger partial charge is 0.451 e. The van der Waals surface area contributed by atoms with Crippen molar-refractivity contribution in [3.63, 3.8) is 0 Å². The van der Waals surface area contributed by atoms with Gasteiger partial charge in [0.25, 0.3) is 5.91 Å². The first-order valence-electron chi connectivity index (χ1n) is 7.93. The average Bonchev–Trinajstić information content (AvgIpc) is 2.99. The first-order chi connectivity index (χ1) is 10.7. The second-order valence-electron chi connectivity index (χ2n) is 6.31. The Kier molecular flexibility index (Phi) is 3.14. The van der Waals surface area contributed by atoms with Crippen LogP contribution in [0.3, 0.4) is 0 Å². The van der Waals surface area contributed by atoms with E-state index in [-0.39, 0.29) is 5.91 Å². The summed E-state index contributed by atoms with van der Waals surface area (Å²) in [5.74, 6) is 1.05. The van der Waals surface area contributed by atoms with Crippen LogP contribution in [0, 0.1) is 5.92 Å². The number of fused-ring (bicyclic) bond motifs is 3. The highest BCUT2D eigenvalue weighted by Crippen LogP contribution is 2.29. The van der Waals surface area contributed by atoms with E-state index in [1.807, 2.05) is 35.2 Å². The van der Waals surface area contributed by atoms with Gasteiger partial charge in [0.05, 0.1) is 0 Å². The number of hydrogen-bond acceptors (Lipinski definition) is 2. The number of rotatable bonds is 1. The Morgan fingerprint density at radius 2 is 2.05 bits per heavy atom. The van der Waals surface area contributed by atoms with Crippen LogP contribution in [-0.4, -0.2) is 23.9 Å². The summed E-state index contributed by atoms with van der Waals surface area (Å²) in [6, 6.07) is 14.1. The number of furan rings is 1. The molecule has 22 heavy (non-hydrogen) atoms. The zero-order valence-corrected chi connectivity index (χ0v) is 12.7. The molecular formula is C19H19NO2. The van der Waals surface area contributed by atoms with Crippen LogP contribution in [0.25, 0.3) is 21.7 Å². The van der Waals surface area contributed by atoms with Gasteiger partial charge in [-0.3, -0.25) is 4.79 Å². The van der Waals surface area contributed by atoms with Gasteiger partial charge in [-0.1, -0.05) is 37.3 Å². The fourth-order valence-corrected chi connectivity index (χ4v) is 3.43. The van der Waals surface area contributed by atoms with Gasteiger partial charge in [0.2, 0.25) is 0 Å². The third-order valence-corrected chi connectivity index (χ3v) is 4.58. The summed E-state index contributed by atoms with van der Waals surface area (Å²) in [6.07, 6.45) is 2.28. The van der Waals surface area contributed by atoms with E-state index in [0.717, 1.165) is 35.9 Å². The molecule has 3 aromatic rings. The summed E-state index contributed by atoms with van der Waals surface area (Å²) in [7, 11) is 0. The van der Waals surface area contributed by atoms with Crippen molar-refractivity contribution >= 4 is 27.6 Å². The molecule has 1 fully saturated rings. The fraction of sp³-hybridized carbons (Fsp3) is 0.316. The molecule has 112 valence electrons. The van der Waals surface area contributed by atoms with E-state index >= 15 is 0 Å². The van der Waals surface area contributed by atoms with Crippen molar-refractivity contribution in [2.45, 2.75) is 19.8 Å². The highest BCUT2D eigenvalue weighted by atomic mass is 16.3. The van der Waals surface area contributed by atoms with E-state index in [9.17, 15) is 4.79 Å². The van der Waals surface area contributed by atoms with E-state index in [0.29, 0.717) is 11.7 Å². The number of likely N-dealkylation sites (tertiary alicyclic amines) is 1. The third kappa shape index (κ3) is 2.17. The van der Waals surface area contributed by atoms with Gasteiger partial charge in [0.15, 0.2) is 5.76 Å². The smallest absolute Gasteiger partial charge is 0.289 e. The van der Waals surface area contributed by atoms with Crippen LogP contribution in [-0.2, 0) is 0 Å². The molecule has 1 amide bonds. The van der Waals surface area contributed by atoms with E-state index in [1.54, 1.807) is 0 Å². The number of nitrogens with zero attached hydrogens (tertiary/aromatic N) is 1. The van der Waals surface area contributed by atoms with Gasteiger partial charge in [0, 0.05) is 18.5 Å². The molecule has 0 saturated carbocycles. The van der Waals surface area contributed by atoms with Gasteiger partial charge in [-0.2, -0.15) is 0 Å². The number of carbonyl (C=O) groups excluding carboxylic acids is 1. The minimum absolute atomic E-state index is 0.0202. The topological polar surface area (TPSA) is 33.5 Å². The van der Waals surface area contributed by atoms with Crippen LogP contribution in [0.5, 0.6) is 0 Å². The number of hydrogen-bond donors (Lipinski definition) is 0. The SMILES string of the molecule is CC1CCCN(C(=O)c2cc3c(ccc4ccccc43)o2)C1. The molecule has 1 unspecified atom stereocenters. The molecule has 0 spiro atoms. The molecule has 1 aliphatic rings. The van der Waals surface area contributed by atoms with Crippen LogP contribution >= 0.6 is 0 Å². The van der Waals surface area contributed by atoms with Crippen LogP contribution in [0.15, 0.2) is 46.9 Å². The third-order valence-electron chi connectivity index (χ3n) is 4.58. The molecule has 0 bridgehead atoms. The summed E-state index contributed by atoms with van der Waals surface area (Å²) >= 11 is 0. The maximum atomic E-state index is 12.7. The number of piperidine rings is 1. The Bertz CT molecular complexity index is 849. The van der Waals surface area contributed by atoms with Gasteiger partial charge in [-0.05, 0) is 41.7 Å². The van der Waals surface area contributed by atoms with Crippen LogP contribution in [0.2, 0.25) is 0 Å². The Morgan fingerprint density at radius 1 is 1.18 bits per heavy atom. The Labute approximate surface area is 129 Å². The number of carbonyl (C=O) groups is 1. The molecule has 2 heterocycles. The molecule has 0 N–H and O–H groups in total. The predicted octanol–water partition coefficient (Wildman–Crippen LogP) is 4.46. The van der Waals surface area contributed by atoms with Gasteiger partial charge >= 0.3 is 0 Å². The van der Waals surface area contributed by atoms with Gasteiger partial charge in [-0.25, -0.2) is 0 Å². The lowest BCUT2D eigenvalue weighted by Gasteiger charge is -2.30. The summed E-state index contributed by atoms with van der Waals surface area (Å²) in [5.41, 5.74) is 0.784. The zero-order chi connectivity index (χ0) is 15.1. The van der Waals surface area contributed by atoms with Gasteiger partial charge < -0.3 is 9.32 Å². The molecule has 1 saturated heterocycles. The molecule has 1 atom stereocenters. The Morgan fingerprint density at radius 3 is 2.91 bits per heavy atom. The quantitative estimate of drug-likeness (QED) is 0.664. The molecule has 3 heteroatoms. The second-order valence-corrected chi connectivity index (χ2v) is 6.31. The maximum absolute atomic E-state index is 12.7. The molecule has 0 aliphatic carbocycles. The van der Waals surface area contributed by atoms with Crippen LogP contribution in [0.4, 0.5) is 0 Å². The molecular weight excluding hydrogens is 274 g/mol. The van der Waals surface area contributed by atoms with Crippen LogP contribution < -0.4 is 0 Å². The normalized spacial score (nSPS) is 19.0. The van der Waals surface area contributed by atoms with Crippen molar-refractivity contribution in [3.8, 4) is 0 Å². The van der Waals surface area contributed by atoms with E-state index < -0.39 is 0 Å². The molecule has 3 nitrogen and oxygen atoms in total. The number of amides is 1. The van der Waals surface area contributed by atoms with Crippen molar-refractivity contribution in [2.75, 3.05) is 13.1 Å². The maximum Gasteiger partial charge on any atom is 0.289 e. The van der Waals surface area contributed by atoms with Crippen molar-refractivity contribution < 1.29 is 9.21 Å². The van der Waals surface area contributed by atoms with Crippen molar-refractivity contribution in [3.05, 3.63) is 48.2 Å². The van der Waals surface area contributed by atoms with Gasteiger partial charge in [0.1, 0.15) is 5.58 Å². The fourth-order valence-electron chi connectivity index (χ4n) is 3.43. The molecule has 0 radical (unpaired) electrons. The summed E-state index contributed by atoms with van der Waals surface area (Å²) in [6.45, 7) is 3.86. The summed E-state index contributed by atoms with van der Waals surface area (Å²) < 4.78 is 5.84. The van der Waals surface area contributed by atoms with E-state index in [1.165, 1.54) is 11.8 Å². The van der Waals surface area contributed by atoms with E-state index in [2.05, 4.69) is 19.1 Å². The molecule has 2 aromatic carbocycles. The highest BCUT2D eigenvalue weighted by Gasteiger charge is 2.24. The Hall–Kier alpha value is -2.29. The van der Waals surface area contributed by atoms with Crippen molar-refractivity contribution in [2.24, 2.45) is 5.92 Å². The Balaban J connectivity index is 1.76. The average molecular weight is 293 g/mol. The minimum atomic E-state index is 0.0202. The molecule has 1 aromatic heterocycles. The second kappa shape index (κ2) is 5.16. The van der Waals surface area contributed by atoms with Crippen molar-refractivity contribution in [1.82, 2.24) is 4.90 Å². The lowest BCUT2D eigenvalue weighted by Crippen LogP contribution is -2.38. The van der Waals surface area contributed by atoms with E-state index in [4.69, 9.17) is 4.42 Å². The predicted molar refractivity (Wildman–Crippen MR) is 88.0 cm³/mol. The van der Waals surface area contributed by atoms with Gasteiger partial charge in [-0.15, -0.1) is 0 Å². The summed E-state index contributed by atoms with van der Waals surface area (Å²) in [4.78, 5) is 14.6.